The summed E-state index contributed by atoms with van der Waals surface area (Å²) in [5.41, 5.74) is 6.24. The summed E-state index contributed by atoms with van der Waals surface area (Å²) in [4.78, 5) is 0. The molecule has 0 spiro atoms. The second-order valence-corrected chi connectivity index (χ2v) is 7.78. The maximum atomic E-state index is 5.80. The van der Waals surface area contributed by atoms with Gasteiger partial charge < -0.3 is 5.73 Å². The standard InChI is InChI=1S/C18H39N/c1-9-16(18(7,8)14(4)5)12-15(6)17(10-11-19)13(2)3/h13-17H,9-12,19H2,1-8H3. The van der Waals surface area contributed by atoms with Gasteiger partial charge in [0.05, 0.1) is 0 Å². The molecule has 3 unspecified atom stereocenters. The van der Waals surface area contributed by atoms with Crippen LogP contribution in [0.25, 0.3) is 0 Å². The van der Waals surface area contributed by atoms with Crippen LogP contribution in [0, 0.1) is 35.0 Å². The lowest BCUT2D eigenvalue weighted by Crippen LogP contribution is -2.33. The molecule has 116 valence electrons. The third-order valence-electron chi connectivity index (χ3n) is 5.78. The van der Waals surface area contributed by atoms with E-state index in [0.29, 0.717) is 5.41 Å². The van der Waals surface area contributed by atoms with Crippen LogP contribution < -0.4 is 5.73 Å². The SMILES string of the molecule is CCC(CC(C)C(CCN)C(C)C)C(C)(C)C(C)C. The summed E-state index contributed by atoms with van der Waals surface area (Å²) in [7, 11) is 0. The van der Waals surface area contributed by atoms with Gasteiger partial charge in [-0.2, -0.15) is 0 Å². The second kappa shape index (κ2) is 8.29. The molecule has 0 aliphatic heterocycles. The molecule has 0 aliphatic rings. The van der Waals surface area contributed by atoms with Crippen molar-refractivity contribution in [3.8, 4) is 0 Å². The van der Waals surface area contributed by atoms with Gasteiger partial charge in [-0.15, -0.1) is 0 Å². The van der Waals surface area contributed by atoms with E-state index in [4.69, 9.17) is 5.73 Å². The maximum absolute atomic E-state index is 5.80. The molecule has 19 heavy (non-hydrogen) atoms. The van der Waals surface area contributed by atoms with Gasteiger partial charge in [-0.1, -0.05) is 61.8 Å². The smallest absolute Gasteiger partial charge is 0.00744 e. The molecule has 0 saturated heterocycles. The topological polar surface area (TPSA) is 26.0 Å². The molecule has 0 bridgehead atoms. The van der Waals surface area contributed by atoms with Crippen LogP contribution >= 0.6 is 0 Å². The van der Waals surface area contributed by atoms with Crippen molar-refractivity contribution in [1.82, 2.24) is 0 Å². The fourth-order valence-corrected chi connectivity index (χ4v) is 3.56. The molecule has 0 rings (SSSR count). The fraction of sp³-hybridized carbons (Fsp3) is 1.00. The zero-order chi connectivity index (χ0) is 15.2. The quantitative estimate of drug-likeness (QED) is 0.600. The highest BCUT2D eigenvalue weighted by atomic mass is 14.5. The van der Waals surface area contributed by atoms with Crippen molar-refractivity contribution in [2.45, 2.75) is 74.7 Å². The Bertz CT molecular complexity index is 230. The van der Waals surface area contributed by atoms with E-state index in [1.807, 2.05) is 0 Å². The van der Waals surface area contributed by atoms with E-state index in [2.05, 4.69) is 55.4 Å². The molecule has 0 aliphatic carbocycles. The highest BCUT2D eigenvalue weighted by Gasteiger charge is 2.33. The third kappa shape index (κ3) is 5.45. The van der Waals surface area contributed by atoms with Gasteiger partial charge in [0, 0.05) is 0 Å². The molecule has 1 heteroatoms. The second-order valence-electron chi connectivity index (χ2n) is 7.78. The van der Waals surface area contributed by atoms with Crippen molar-refractivity contribution in [1.29, 1.82) is 0 Å². The molecule has 1 nitrogen and oxygen atoms in total. The molecule has 0 aromatic carbocycles. The Morgan fingerprint density at radius 3 is 1.84 bits per heavy atom. The molecule has 0 aromatic rings. The Kier molecular flexibility index (Phi) is 8.27. The number of nitrogens with two attached hydrogens (primary N) is 1. The van der Waals surface area contributed by atoms with E-state index >= 15 is 0 Å². The van der Waals surface area contributed by atoms with E-state index in [1.165, 1.54) is 19.3 Å². The summed E-state index contributed by atoms with van der Waals surface area (Å²) in [5.74, 6) is 3.88. The Morgan fingerprint density at radius 1 is 1.00 bits per heavy atom. The molecule has 0 radical (unpaired) electrons. The lowest BCUT2D eigenvalue weighted by molar-refractivity contribution is 0.0908. The Balaban J connectivity index is 4.77. The van der Waals surface area contributed by atoms with Gasteiger partial charge in [0.2, 0.25) is 0 Å². The van der Waals surface area contributed by atoms with Gasteiger partial charge >= 0.3 is 0 Å². The summed E-state index contributed by atoms with van der Waals surface area (Å²) in [6, 6.07) is 0. The van der Waals surface area contributed by atoms with Crippen LogP contribution in [-0.4, -0.2) is 6.54 Å². The minimum atomic E-state index is 0.438. The Hall–Kier alpha value is -0.0400. The summed E-state index contributed by atoms with van der Waals surface area (Å²) in [5, 5.41) is 0. The van der Waals surface area contributed by atoms with Crippen molar-refractivity contribution in [3.05, 3.63) is 0 Å². The summed E-state index contributed by atoms with van der Waals surface area (Å²) in [6.45, 7) is 20.0. The van der Waals surface area contributed by atoms with E-state index in [1.54, 1.807) is 0 Å². The van der Waals surface area contributed by atoms with Gasteiger partial charge in [0.25, 0.3) is 0 Å². The molecule has 2 N–H and O–H groups in total. The molecular formula is C18H39N. The average molecular weight is 270 g/mol. The Morgan fingerprint density at radius 2 is 1.53 bits per heavy atom. The van der Waals surface area contributed by atoms with Crippen molar-refractivity contribution < 1.29 is 0 Å². The first kappa shape index (κ1) is 19.0. The third-order valence-corrected chi connectivity index (χ3v) is 5.78. The van der Waals surface area contributed by atoms with Gasteiger partial charge in [-0.05, 0) is 54.4 Å². The summed E-state index contributed by atoms with van der Waals surface area (Å²) < 4.78 is 0. The van der Waals surface area contributed by atoms with Crippen LogP contribution in [-0.2, 0) is 0 Å². The molecule has 0 fully saturated rings. The molecule has 0 amide bonds. The van der Waals surface area contributed by atoms with Crippen LogP contribution in [0.1, 0.15) is 74.7 Å². The monoisotopic (exact) mass is 269 g/mol. The van der Waals surface area contributed by atoms with Crippen LogP contribution in [0.2, 0.25) is 0 Å². The minimum Gasteiger partial charge on any atom is -0.330 e. The van der Waals surface area contributed by atoms with E-state index in [0.717, 1.165) is 36.1 Å². The predicted molar refractivity (Wildman–Crippen MR) is 88.2 cm³/mol. The molecular weight excluding hydrogens is 230 g/mol. The van der Waals surface area contributed by atoms with Crippen LogP contribution in [0.15, 0.2) is 0 Å². The average Bonchev–Trinajstić information content (AvgIpc) is 2.31. The molecule has 3 atom stereocenters. The largest absolute Gasteiger partial charge is 0.330 e. The van der Waals surface area contributed by atoms with Crippen molar-refractivity contribution in [3.63, 3.8) is 0 Å². The lowest BCUT2D eigenvalue weighted by Gasteiger charge is -2.41. The lowest BCUT2D eigenvalue weighted by atomic mass is 9.65. The predicted octanol–water partition coefficient (Wildman–Crippen LogP) is 5.34. The molecule has 0 aromatic heterocycles. The van der Waals surface area contributed by atoms with Gasteiger partial charge in [-0.25, -0.2) is 0 Å². The first-order valence-electron chi connectivity index (χ1n) is 8.38. The highest BCUT2D eigenvalue weighted by Crippen LogP contribution is 2.42. The molecule has 0 saturated carbocycles. The molecule has 0 heterocycles. The number of rotatable bonds is 9. The van der Waals surface area contributed by atoms with Gasteiger partial charge in [-0.3, -0.25) is 0 Å². The number of hydrogen-bond donors (Lipinski definition) is 1. The van der Waals surface area contributed by atoms with Crippen LogP contribution in [0.4, 0.5) is 0 Å². The fourth-order valence-electron chi connectivity index (χ4n) is 3.56. The van der Waals surface area contributed by atoms with Crippen molar-refractivity contribution in [2.75, 3.05) is 6.54 Å². The van der Waals surface area contributed by atoms with Crippen molar-refractivity contribution in [2.24, 2.45) is 40.7 Å². The zero-order valence-electron chi connectivity index (χ0n) is 14.8. The normalized spacial score (nSPS) is 17.8. The van der Waals surface area contributed by atoms with Crippen molar-refractivity contribution >= 4 is 0 Å². The highest BCUT2D eigenvalue weighted by molar-refractivity contribution is 4.83. The number of hydrogen-bond acceptors (Lipinski definition) is 1. The van der Waals surface area contributed by atoms with E-state index < -0.39 is 0 Å². The van der Waals surface area contributed by atoms with E-state index in [-0.39, 0.29) is 0 Å². The van der Waals surface area contributed by atoms with Crippen LogP contribution in [0.5, 0.6) is 0 Å². The summed E-state index contributed by atoms with van der Waals surface area (Å²) in [6.07, 6.45) is 3.82. The maximum Gasteiger partial charge on any atom is -0.00744 e. The zero-order valence-corrected chi connectivity index (χ0v) is 14.8. The van der Waals surface area contributed by atoms with Crippen LogP contribution in [0.3, 0.4) is 0 Å². The van der Waals surface area contributed by atoms with Gasteiger partial charge in [0.15, 0.2) is 0 Å². The minimum absolute atomic E-state index is 0.438. The van der Waals surface area contributed by atoms with E-state index in [9.17, 15) is 0 Å². The first-order valence-corrected chi connectivity index (χ1v) is 8.38. The first-order chi connectivity index (χ1) is 8.68. The summed E-state index contributed by atoms with van der Waals surface area (Å²) >= 11 is 0. The van der Waals surface area contributed by atoms with Gasteiger partial charge in [0.1, 0.15) is 0 Å². The Labute approximate surface area is 122 Å².